The Morgan fingerprint density at radius 2 is 1.78 bits per heavy atom. The van der Waals surface area contributed by atoms with E-state index in [4.69, 9.17) is 20.9 Å². The first-order chi connectivity index (χ1) is 15.3. The molecule has 3 rings (SSSR count). The number of nitrogens with two attached hydrogens (primary N) is 2. The van der Waals surface area contributed by atoms with Gasteiger partial charge in [0.2, 0.25) is 0 Å². The Balaban J connectivity index is 1.70. The summed E-state index contributed by atoms with van der Waals surface area (Å²) in [5.41, 5.74) is 14.0. The van der Waals surface area contributed by atoms with Crippen LogP contribution >= 0.6 is 11.8 Å². The van der Waals surface area contributed by atoms with Crippen LogP contribution in [0.2, 0.25) is 0 Å². The van der Waals surface area contributed by atoms with Gasteiger partial charge in [-0.15, -0.1) is 11.8 Å². The fourth-order valence-electron chi connectivity index (χ4n) is 3.64. The molecule has 7 N–H and O–H groups in total. The van der Waals surface area contributed by atoms with E-state index in [1.54, 1.807) is 6.26 Å². The molecule has 1 aliphatic heterocycles. The molecular formula is C23H31N3O5S. The average molecular weight is 462 g/mol. The Morgan fingerprint density at radius 3 is 2.44 bits per heavy atom. The molecule has 2 aromatic rings. The zero-order valence-corrected chi connectivity index (χ0v) is 19.0. The van der Waals surface area contributed by atoms with Gasteiger partial charge in [-0.1, -0.05) is 30.3 Å². The Morgan fingerprint density at radius 1 is 1.06 bits per heavy atom. The van der Waals surface area contributed by atoms with E-state index in [1.165, 1.54) is 11.8 Å². The fraction of sp³-hybridized carbons (Fsp3) is 0.435. The minimum Gasteiger partial charge on any atom is -0.492 e. The van der Waals surface area contributed by atoms with Crippen molar-refractivity contribution in [2.45, 2.75) is 43.2 Å². The topological polar surface area (TPSA) is 144 Å². The molecule has 0 radical (unpaired) electrons. The van der Waals surface area contributed by atoms with Crippen LogP contribution in [0.1, 0.15) is 28.4 Å². The number of nitrogens with zero attached hydrogens (tertiary/aromatic N) is 1. The summed E-state index contributed by atoms with van der Waals surface area (Å²) in [6, 6.07) is 13.7. The van der Waals surface area contributed by atoms with Crippen LogP contribution in [0.15, 0.2) is 47.5 Å². The summed E-state index contributed by atoms with van der Waals surface area (Å²) in [7, 11) is 0. The van der Waals surface area contributed by atoms with E-state index in [9.17, 15) is 15.3 Å². The molecule has 174 valence electrons. The molecule has 0 saturated carbocycles. The lowest BCUT2D eigenvalue weighted by Gasteiger charge is -2.40. The van der Waals surface area contributed by atoms with Gasteiger partial charge in [0.05, 0.1) is 6.54 Å². The number of rotatable bonds is 8. The van der Waals surface area contributed by atoms with Crippen LogP contribution in [0.4, 0.5) is 0 Å². The van der Waals surface area contributed by atoms with Gasteiger partial charge in [-0.2, -0.15) is 0 Å². The van der Waals surface area contributed by atoms with Crippen molar-refractivity contribution in [2.24, 2.45) is 16.5 Å². The summed E-state index contributed by atoms with van der Waals surface area (Å²) in [5, 5.41) is 30.8. The third-order valence-electron chi connectivity index (χ3n) is 5.48. The molecule has 9 heteroatoms. The van der Waals surface area contributed by atoms with Crippen LogP contribution in [0.3, 0.4) is 0 Å². The minimum absolute atomic E-state index is 0.0438. The van der Waals surface area contributed by atoms with Crippen LogP contribution in [0.5, 0.6) is 5.75 Å². The average Bonchev–Trinajstić information content (AvgIpc) is 2.78. The highest BCUT2D eigenvalue weighted by Gasteiger charge is 2.44. The van der Waals surface area contributed by atoms with Gasteiger partial charge in [0.1, 0.15) is 42.2 Å². The van der Waals surface area contributed by atoms with E-state index in [0.717, 1.165) is 28.0 Å². The van der Waals surface area contributed by atoms with Crippen LogP contribution in [0.25, 0.3) is 0 Å². The van der Waals surface area contributed by atoms with Gasteiger partial charge >= 0.3 is 0 Å². The molecule has 1 saturated heterocycles. The molecule has 32 heavy (non-hydrogen) atoms. The molecule has 0 aromatic heterocycles. The lowest BCUT2D eigenvalue weighted by Crippen LogP contribution is -2.52. The van der Waals surface area contributed by atoms with Crippen molar-refractivity contribution in [3.05, 3.63) is 64.7 Å². The SMILES string of the molecule is CSC1OC(c2ccc(C)c(Cc3ccc(OCCN=C(N)N)cc3)c2)C(O)C(O)C1O. The molecule has 5 atom stereocenters. The van der Waals surface area contributed by atoms with E-state index in [1.807, 2.05) is 49.4 Å². The predicted molar refractivity (Wildman–Crippen MR) is 126 cm³/mol. The summed E-state index contributed by atoms with van der Waals surface area (Å²) < 4.78 is 11.5. The third-order valence-corrected chi connectivity index (χ3v) is 6.33. The van der Waals surface area contributed by atoms with Gasteiger partial charge in [-0.25, -0.2) is 0 Å². The maximum atomic E-state index is 10.5. The second kappa shape index (κ2) is 11.0. The van der Waals surface area contributed by atoms with Gasteiger partial charge in [0.25, 0.3) is 0 Å². The summed E-state index contributed by atoms with van der Waals surface area (Å²) in [4.78, 5) is 3.88. The second-order valence-corrected chi connectivity index (χ2v) is 8.73. The van der Waals surface area contributed by atoms with E-state index in [-0.39, 0.29) is 5.96 Å². The largest absolute Gasteiger partial charge is 0.492 e. The normalized spacial score (nSPS) is 25.3. The quantitative estimate of drug-likeness (QED) is 0.223. The van der Waals surface area contributed by atoms with Crippen LogP contribution in [0, 0.1) is 6.92 Å². The highest BCUT2D eigenvalue weighted by molar-refractivity contribution is 7.99. The molecular weight excluding hydrogens is 430 g/mol. The first kappa shape index (κ1) is 24.3. The number of ether oxygens (including phenoxy) is 2. The van der Waals surface area contributed by atoms with Crippen molar-refractivity contribution in [1.82, 2.24) is 0 Å². The number of aliphatic hydroxyl groups is 3. The number of hydrogen-bond donors (Lipinski definition) is 5. The van der Waals surface area contributed by atoms with E-state index < -0.39 is 29.9 Å². The summed E-state index contributed by atoms with van der Waals surface area (Å²) >= 11 is 1.30. The summed E-state index contributed by atoms with van der Waals surface area (Å²) in [6.07, 6.45) is -1.85. The predicted octanol–water partition coefficient (Wildman–Crippen LogP) is 1.08. The maximum absolute atomic E-state index is 10.5. The molecule has 0 spiro atoms. The first-order valence-corrected chi connectivity index (χ1v) is 11.7. The van der Waals surface area contributed by atoms with Crippen LogP contribution in [-0.4, -0.2) is 64.4 Å². The number of aliphatic imine (C=N–C) groups is 1. The Labute approximate surface area is 192 Å². The van der Waals surface area contributed by atoms with Crippen molar-refractivity contribution in [3.8, 4) is 5.75 Å². The summed E-state index contributed by atoms with van der Waals surface area (Å²) in [6.45, 7) is 2.82. The van der Waals surface area contributed by atoms with Gasteiger partial charge in [0.15, 0.2) is 5.96 Å². The molecule has 5 unspecified atom stereocenters. The van der Waals surface area contributed by atoms with Crippen LogP contribution in [-0.2, 0) is 11.2 Å². The zero-order chi connectivity index (χ0) is 23.3. The molecule has 1 fully saturated rings. The Hall–Kier alpha value is -2.30. The smallest absolute Gasteiger partial charge is 0.186 e. The first-order valence-electron chi connectivity index (χ1n) is 10.4. The monoisotopic (exact) mass is 461 g/mol. The number of benzene rings is 2. The molecule has 2 aromatic carbocycles. The zero-order valence-electron chi connectivity index (χ0n) is 18.2. The molecule has 0 aliphatic carbocycles. The van der Waals surface area contributed by atoms with Crippen molar-refractivity contribution < 1.29 is 24.8 Å². The summed E-state index contributed by atoms with van der Waals surface area (Å²) in [5.74, 6) is 0.779. The lowest BCUT2D eigenvalue weighted by molar-refractivity contribution is -0.200. The number of guanidine groups is 1. The van der Waals surface area contributed by atoms with Crippen molar-refractivity contribution in [1.29, 1.82) is 0 Å². The highest BCUT2D eigenvalue weighted by Crippen LogP contribution is 2.36. The Kier molecular flexibility index (Phi) is 8.38. The fourth-order valence-corrected chi connectivity index (χ4v) is 4.31. The maximum Gasteiger partial charge on any atom is 0.186 e. The van der Waals surface area contributed by atoms with Crippen LogP contribution < -0.4 is 16.2 Å². The van der Waals surface area contributed by atoms with Crippen molar-refractivity contribution in [3.63, 3.8) is 0 Å². The number of aliphatic hydroxyl groups excluding tert-OH is 3. The molecule has 1 aliphatic rings. The standard InChI is InChI=1S/C23H31N3O5S/c1-13-3-6-15(21-19(28)18(27)20(29)22(31-21)32-2)12-16(13)11-14-4-7-17(8-5-14)30-10-9-26-23(24)25/h3-8,12,18-22,27-29H,9-11H2,1-2H3,(H4,24,25,26). The van der Waals surface area contributed by atoms with E-state index >= 15 is 0 Å². The number of thioether (sulfide) groups is 1. The second-order valence-electron chi connectivity index (χ2n) is 7.79. The van der Waals surface area contributed by atoms with Gasteiger partial charge in [-0.05, 0) is 54.0 Å². The van der Waals surface area contributed by atoms with Gasteiger partial charge < -0.3 is 36.3 Å². The van der Waals surface area contributed by atoms with E-state index in [2.05, 4.69) is 4.99 Å². The number of hydrogen-bond acceptors (Lipinski definition) is 7. The minimum atomic E-state index is -1.27. The number of aryl methyl sites for hydroxylation is 1. The molecule has 1 heterocycles. The van der Waals surface area contributed by atoms with Crippen molar-refractivity contribution in [2.75, 3.05) is 19.4 Å². The van der Waals surface area contributed by atoms with Gasteiger partial charge in [-0.3, -0.25) is 4.99 Å². The third kappa shape index (κ3) is 5.93. The molecule has 8 nitrogen and oxygen atoms in total. The molecule has 0 amide bonds. The van der Waals surface area contributed by atoms with Gasteiger partial charge in [0, 0.05) is 0 Å². The van der Waals surface area contributed by atoms with E-state index in [0.29, 0.717) is 19.6 Å². The lowest BCUT2D eigenvalue weighted by atomic mass is 9.91. The molecule has 0 bridgehead atoms. The van der Waals surface area contributed by atoms with Crippen molar-refractivity contribution >= 4 is 17.7 Å². The Bertz CT molecular complexity index is 918. The highest BCUT2D eigenvalue weighted by atomic mass is 32.2.